The lowest BCUT2D eigenvalue weighted by Crippen LogP contribution is -2.55. The number of hydrogen-bond acceptors (Lipinski definition) is 8. The van der Waals surface area contributed by atoms with Gasteiger partial charge in [0.25, 0.3) is 17.5 Å². The highest BCUT2D eigenvalue weighted by atomic mass is 16.6. The van der Waals surface area contributed by atoms with E-state index in [4.69, 9.17) is 4.74 Å². The highest BCUT2D eigenvalue weighted by Crippen LogP contribution is 2.23. The molecule has 0 bridgehead atoms. The number of benzene rings is 1. The number of carbonyl (C=O) groups excluding carboxylic acids is 3. The standard InChI is InChI=1S/C23H27N5O6/c1-6-34-23(31)19-15(4)24-16(5)25-20(19)22(30)26-9-10-27(14(3)12-26)21(29)17-8-7-13(2)18(11-17)28(32)33/h7-8,11,14H,6,9-10,12H2,1-5H3. The molecule has 11 nitrogen and oxygen atoms in total. The van der Waals surface area contributed by atoms with Crippen molar-refractivity contribution >= 4 is 23.5 Å². The first-order chi connectivity index (χ1) is 16.0. The third kappa shape index (κ3) is 4.87. The van der Waals surface area contributed by atoms with E-state index in [0.717, 1.165) is 0 Å². The molecule has 11 heteroatoms. The van der Waals surface area contributed by atoms with Crippen LogP contribution in [0.4, 0.5) is 5.69 Å². The minimum Gasteiger partial charge on any atom is -0.462 e. The summed E-state index contributed by atoms with van der Waals surface area (Å²) >= 11 is 0. The summed E-state index contributed by atoms with van der Waals surface area (Å²) in [6.45, 7) is 9.14. The topological polar surface area (TPSA) is 136 Å². The number of nitrogens with zero attached hydrogens (tertiary/aromatic N) is 5. The second kappa shape index (κ2) is 9.94. The summed E-state index contributed by atoms with van der Waals surface area (Å²) in [5, 5.41) is 11.2. The van der Waals surface area contributed by atoms with Crippen molar-refractivity contribution in [3.8, 4) is 0 Å². The van der Waals surface area contributed by atoms with E-state index < -0.39 is 16.8 Å². The number of hydrogen-bond donors (Lipinski definition) is 0. The average molecular weight is 469 g/mol. The number of amides is 2. The molecule has 2 heterocycles. The van der Waals surface area contributed by atoms with Crippen LogP contribution in [0.3, 0.4) is 0 Å². The Morgan fingerprint density at radius 1 is 1.15 bits per heavy atom. The van der Waals surface area contributed by atoms with Crippen LogP contribution in [0.15, 0.2) is 18.2 Å². The van der Waals surface area contributed by atoms with Gasteiger partial charge in [-0.25, -0.2) is 14.8 Å². The molecule has 2 aromatic rings. The lowest BCUT2D eigenvalue weighted by molar-refractivity contribution is -0.385. The molecule has 1 aliphatic rings. The first-order valence-corrected chi connectivity index (χ1v) is 10.9. The molecule has 0 aliphatic carbocycles. The third-order valence-corrected chi connectivity index (χ3v) is 5.71. The number of rotatable bonds is 5. The van der Waals surface area contributed by atoms with Crippen molar-refractivity contribution in [3.05, 3.63) is 62.2 Å². The monoisotopic (exact) mass is 469 g/mol. The van der Waals surface area contributed by atoms with Crippen molar-refractivity contribution in [1.29, 1.82) is 0 Å². The van der Waals surface area contributed by atoms with Crippen molar-refractivity contribution < 1.29 is 24.0 Å². The van der Waals surface area contributed by atoms with Gasteiger partial charge in [0.1, 0.15) is 17.1 Å². The van der Waals surface area contributed by atoms with Crippen LogP contribution in [0.1, 0.15) is 62.1 Å². The zero-order chi connectivity index (χ0) is 25.2. The molecule has 0 radical (unpaired) electrons. The molecule has 180 valence electrons. The molecule has 0 N–H and O–H groups in total. The fourth-order valence-electron chi connectivity index (χ4n) is 4.01. The molecule has 1 aromatic heterocycles. The minimum atomic E-state index is -0.661. The molecule has 3 rings (SSSR count). The number of nitro benzene ring substituents is 1. The number of piperazine rings is 1. The molecule has 0 saturated carbocycles. The van der Waals surface area contributed by atoms with Crippen LogP contribution in [0.5, 0.6) is 0 Å². The lowest BCUT2D eigenvalue weighted by Gasteiger charge is -2.40. The smallest absolute Gasteiger partial charge is 0.342 e. The van der Waals surface area contributed by atoms with Crippen LogP contribution in [0.25, 0.3) is 0 Å². The molecular formula is C23H27N5O6. The zero-order valence-corrected chi connectivity index (χ0v) is 19.8. The lowest BCUT2D eigenvalue weighted by atomic mass is 10.1. The van der Waals surface area contributed by atoms with Gasteiger partial charge in [0.15, 0.2) is 0 Å². The summed E-state index contributed by atoms with van der Waals surface area (Å²) in [6.07, 6.45) is 0. The van der Waals surface area contributed by atoms with Crippen LogP contribution < -0.4 is 0 Å². The molecule has 1 aliphatic heterocycles. The highest BCUT2D eigenvalue weighted by Gasteiger charge is 2.34. The Kier molecular flexibility index (Phi) is 7.23. The molecule has 2 amide bonds. The Labute approximate surface area is 196 Å². The molecule has 1 fully saturated rings. The molecule has 34 heavy (non-hydrogen) atoms. The maximum atomic E-state index is 13.3. The van der Waals surface area contributed by atoms with E-state index in [9.17, 15) is 24.5 Å². The van der Waals surface area contributed by atoms with E-state index in [-0.39, 0.29) is 60.7 Å². The first-order valence-electron chi connectivity index (χ1n) is 10.9. The Balaban J connectivity index is 1.82. The summed E-state index contributed by atoms with van der Waals surface area (Å²) in [7, 11) is 0. The number of esters is 1. The SMILES string of the molecule is CCOC(=O)c1c(C)nc(C)nc1C(=O)N1CCN(C(=O)c2ccc(C)c([N+](=O)[O-])c2)C(C)C1. The minimum absolute atomic E-state index is 0.0235. The summed E-state index contributed by atoms with van der Waals surface area (Å²) in [6, 6.07) is 4.03. The van der Waals surface area contributed by atoms with Gasteiger partial charge in [-0.3, -0.25) is 19.7 Å². The normalized spacial score (nSPS) is 15.7. The van der Waals surface area contributed by atoms with E-state index in [2.05, 4.69) is 9.97 Å². The fraction of sp³-hybridized carbons (Fsp3) is 0.435. The van der Waals surface area contributed by atoms with Crippen molar-refractivity contribution in [2.75, 3.05) is 26.2 Å². The van der Waals surface area contributed by atoms with Gasteiger partial charge < -0.3 is 14.5 Å². The maximum absolute atomic E-state index is 13.3. The van der Waals surface area contributed by atoms with Gasteiger partial charge in [-0.05, 0) is 40.7 Å². The Bertz CT molecular complexity index is 1160. The van der Waals surface area contributed by atoms with E-state index in [0.29, 0.717) is 17.1 Å². The van der Waals surface area contributed by atoms with E-state index in [1.54, 1.807) is 51.7 Å². The quantitative estimate of drug-likeness (QED) is 0.370. The van der Waals surface area contributed by atoms with Gasteiger partial charge in [0, 0.05) is 42.9 Å². The maximum Gasteiger partial charge on any atom is 0.342 e. The average Bonchev–Trinajstić information content (AvgIpc) is 2.77. The molecule has 0 spiro atoms. The second-order valence-corrected chi connectivity index (χ2v) is 8.16. The van der Waals surface area contributed by atoms with E-state index in [1.807, 2.05) is 0 Å². The number of carbonyl (C=O) groups is 3. The Morgan fingerprint density at radius 2 is 1.85 bits per heavy atom. The van der Waals surface area contributed by atoms with Crippen LogP contribution in [-0.2, 0) is 4.74 Å². The van der Waals surface area contributed by atoms with Gasteiger partial charge in [-0.1, -0.05) is 6.07 Å². The number of ether oxygens (including phenoxy) is 1. The predicted molar refractivity (Wildman–Crippen MR) is 122 cm³/mol. The molecule has 1 aromatic carbocycles. The van der Waals surface area contributed by atoms with Crippen molar-refractivity contribution in [1.82, 2.24) is 19.8 Å². The summed E-state index contributed by atoms with van der Waals surface area (Å²) in [5.41, 5.74) is 0.944. The summed E-state index contributed by atoms with van der Waals surface area (Å²) < 4.78 is 5.09. The Hall–Kier alpha value is -3.89. The summed E-state index contributed by atoms with van der Waals surface area (Å²) in [5.74, 6) is -1.09. The van der Waals surface area contributed by atoms with Gasteiger partial charge in [-0.15, -0.1) is 0 Å². The fourth-order valence-corrected chi connectivity index (χ4v) is 4.01. The largest absolute Gasteiger partial charge is 0.462 e. The van der Waals surface area contributed by atoms with Crippen LogP contribution in [-0.4, -0.2) is 74.8 Å². The van der Waals surface area contributed by atoms with Gasteiger partial charge in [0.2, 0.25) is 0 Å². The van der Waals surface area contributed by atoms with Crippen LogP contribution in [0.2, 0.25) is 0 Å². The number of nitro groups is 1. The van der Waals surface area contributed by atoms with E-state index >= 15 is 0 Å². The molecule has 1 atom stereocenters. The van der Waals surface area contributed by atoms with Crippen molar-refractivity contribution in [2.45, 2.75) is 40.7 Å². The third-order valence-electron chi connectivity index (χ3n) is 5.71. The number of aromatic nitrogens is 2. The molecule has 1 unspecified atom stereocenters. The second-order valence-electron chi connectivity index (χ2n) is 8.16. The number of aryl methyl sites for hydroxylation is 3. The van der Waals surface area contributed by atoms with Gasteiger partial charge in [-0.2, -0.15) is 0 Å². The summed E-state index contributed by atoms with van der Waals surface area (Å²) in [4.78, 5) is 61.1. The van der Waals surface area contributed by atoms with E-state index in [1.165, 1.54) is 11.0 Å². The molecular weight excluding hydrogens is 442 g/mol. The predicted octanol–water partition coefficient (Wildman–Crippen LogP) is 2.47. The zero-order valence-electron chi connectivity index (χ0n) is 19.8. The van der Waals surface area contributed by atoms with Gasteiger partial charge >= 0.3 is 5.97 Å². The van der Waals surface area contributed by atoms with Crippen LogP contribution in [0, 0.1) is 30.9 Å². The highest BCUT2D eigenvalue weighted by molar-refractivity contribution is 6.04. The van der Waals surface area contributed by atoms with Crippen molar-refractivity contribution in [3.63, 3.8) is 0 Å². The Morgan fingerprint density at radius 3 is 2.47 bits per heavy atom. The van der Waals surface area contributed by atoms with Gasteiger partial charge in [0.05, 0.1) is 17.2 Å². The molecule has 1 saturated heterocycles. The van der Waals surface area contributed by atoms with Crippen molar-refractivity contribution in [2.24, 2.45) is 0 Å². The van der Waals surface area contributed by atoms with Crippen LogP contribution >= 0.6 is 0 Å². The first kappa shape index (κ1) is 24.7.